The molecule has 82 valence electrons. The van der Waals surface area contributed by atoms with Crippen LogP contribution in [0.3, 0.4) is 0 Å². The first-order chi connectivity index (χ1) is 7.09. The van der Waals surface area contributed by atoms with Crippen LogP contribution in [0.4, 0.5) is 0 Å². The molecule has 15 heavy (non-hydrogen) atoms. The van der Waals surface area contributed by atoms with Crippen LogP contribution in [-0.2, 0) is 6.42 Å². The number of aryl methyl sites for hydroxylation is 2. The van der Waals surface area contributed by atoms with Gasteiger partial charge in [0, 0.05) is 6.54 Å². The summed E-state index contributed by atoms with van der Waals surface area (Å²) in [6, 6.07) is 6.43. The molecule has 0 radical (unpaired) electrons. The molecule has 1 aromatic rings. The van der Waals surface area contributed by atoms with E-state index in [1.165, 1.54) is 16.7 Å². The van der Waals surface area contributed by atoms with Crippen LogP contribution in [-0.4, -0.2) is 12.5 Å². The number of hydrogen-bond acceptors (Lipinski definition) is 2. The van der Waals surface area contributed by atoms with Crippen molar-refractivity contribution in [3.05, 3.63) is 34.9 Å². The van der Waals surface area contributed by atoms with Crippen molar-refractivity contribution >= 4 is 5.96 Å². The van der Waals surface area contributed by atoms with Crippen LogP contribution >= 0.6 is 0 Å². The second-order valence-corrected chi connectivity index (χ2v) is 3.62. The first-order valence-electron chi connectivity index (χ1n) is 4.97. The SMILES string of the molecule is Cc1ccc(C)c(CCNN=C(N)N)c1. The fraction of sp³-hybridized carbons (Fsp3) is 0.364. The lowest BCUT2D eigenvalue weighted by atomic mass is 10.0. The first kappa shape index (κ1) is 11.4. The molecule has 0 aliphatic rings. The Labute approximate surface area is 90.4 Å². The molecule has 0 aliphatic heterocycles. The maximum atomic E-state index is 5.19. The highest BCUT2D eigenvalue weighted by Crippen LogP contribution is 2.10. The van der Waals surface area contributed by atoms with Gasteiger partial charge in [0.2, 0.25) is 5.96 Å². The van der Waals surface area contributed by atoms with E-state index in [-0.39, 0.29) is 5.96 Å². The maximum absolute atomic E-state index is 5.19. The molecule has 4 heteroatoms. The molecule has 0 amide bonds. The second-order valence-electron chi connectivity index (χ2n) is 3.62. The Bertz CT molecular complexity index is 354. The number of guanidine groups is 1. The minimum atomic E-state index is 0.0657. The summed E-state index contributed by atoms with van der Waals surface area (Å²) < 4.78 is 0. The van der Waals surface area contributed by atoms with Gasteiger partial charge in [0.1, 0.15) is 0 Å². The van der Waals surface area contributed by atoms with E-state index in [0.29, 0.717) is 0 Å². The van der Waals surface area contributed by atoms with Crippen molar-refractivity contribution in [2.75, 3.05) is 6.54 Å². The second kappa shape index (κ2) is 5.24. The van der Waals surface area contributed by atoms with Gasteiger partial charge in [0.15, 0.2) is 0 Å². The zero-order chi connectivity index (χ0) is 11.3. The van der Waals surface area contributed by atoms with E-state index in [9.17, 15) is 0 Å². The average molecular weight is 206 g/mol. The van der Waals surface area contributed by atoms with Gasteiger partial charge in [-0.1, -0.05) is 23.8 Å². The van der Waals surface area contributed by atoms with E-state index in [4.69, 9.17) is 11.5 Å². The minimum Gasteiger partial charge on any atom is -0.369 e. The summed E-state index contributed by atoms with van der Waals surface area (Å²) in [6.45, 7) is 4.93. The Morgan fingerprint density at radius 2 is 2.07 bits per heavy atom. The van der Waals surface area contributed by atoms with Crippen LogP contribution < -0.4 is 16.9 Å². The number of hydrogen-bond donors (Lipinski definition) is 3. The Morgan fingerprint density at radius 3 is 2.73 bits per heavy atom. The van der Waals surface area contributed by atoms with Gasteiger partial charge >= 0.3 is 0 Å². The molecule has 5 N–H and O–H groups in total. The molecule has 0 unspecified atom stereocenters. The molecule has 0 saturated heterocycles. The highest BCUT2D eigenvalue weighted by Gasteiger charge is 1.97. The maximum Gasteiger partial charge on any atom is 0.208 e. The molecular formula is C11H18N4. The summed E-state index contributed by atoms with van der Waals surface area (Å²) in [5.41, 5.74) is 17.1. The molecule has 0 heterocycles. The standard InChI is InChI=1S/C11H18N4/c1-8-3-4-9(2)10(7-8)5-6-14-15-11(12)13/h3-4,7,14H,5-6H2,1-2H3,(H4,12,13,15). The number of benzene rings is 1. The van der Waals surface area contributed by atoms with Gasteiger partial charge < -0.3 is 16.9 Å². The van der Waals surface area contributed by atoms with Gasteiger partial charge in [0.05, 0.1) is 0 Å². The fourth-order valence-corrected chi connectivity index (χ4v) is 1.41. The summed E-state index contributed by atoms with van der Waals surface area (Å²) in [5.74, 6) is 0.0657. The van der Waals surface area contributed by atoms with Crippen LogP contribution in [0.1, 0.15) is 16.7 Å². The van der Waals surface area contributed by atoms with Crippen molar-refractivity contribution in [3.63, 3.8) is 0 Å². The molecule has 0 aromatic heterocycles. The largest absolute Gasteiger partial charge is 0.369 e. The Balaban J connectivity index is 2.50. The summed E-state index contributed by atoms with van der Waals surface area (Å²) >= 11 is 0. The lowest BCUT2D eigenvalue weighted by molar-refractivity contribution is 0.726. The van der Waals surface area contributed by atoms with Crippen molar-refractivity contribution in [3.8, 4) is 0 Å². The zero-order valence-electron chi connectivity index (χ0n) is 9.25. The molecular weight excluding hydrogens is 188 g/mol. The van der Waals surface area contributed by atoms with Crippen LogP contribution in [0.2, 0.25) is 0 Å². The van der Waals surface area contributed by atoms with Crippen molar-refractivity contribution < 1.29 is 0 Å². The number of nitrogens with two attached hydrogens (primary N) is 2. The molecule has 0 atom stereocenters. The molecule has 4 nitrogen and oxygen atoms in total. The molecule has 1 aromatic carbocycles. The zero-order valence-corrected chi connectivity index (χ0v) is 9.25. The van der Waals surface area contributed by atoms with E-state index < -0.39 is 0 Å². The fourth-order valence-electron chi connectivity index (χ4n) is 1.41. The van der Waals surface area contributed by atoms with Gasteiger partial charge in [-0.2, -0.15) is 0 Å². The third-order valence-corrected chi connectivity index (χ3v) is 2.22. The van der Waals surface area contributed by atoms with E-state index in [0.717, 1.165) is 13.0 Å². The number of hydrazone groups is 1. The highest BCUT2D eigenvalue weighted by atomic mass is 15.3. The van der Waals surface area contributed by atoms with E-state index in [2.05, 4.69) is 42.6 Å². The predicted octanol–water partition coefficient (Wildman–Crippen LogP) is 0.624. The normalized spacial score (nSPS) is 9.73. The van der Waals surface area contributed by atoms with Crippen LogP contribution in [0, 0.1) is 13.8 Å². The van der Waals surface area contributed by atoms with Crippen molar-refractivity contribution in [1.82, 2.24) is 5.43 Å². The summed E-state index contributed by atoms with van der Waals surface area (Å²) in [5, 5.41) is 3.71. The summed E-state index contributed by atoms with van der Waals surface area (Å²) in [6.07, 6.45) is 0.921. The molecule has 0 spiro atoms. The van der Waals surface area contributed by atoms with Gasteiger partial charge in [-0.05, 0) is 31.4 Å². The lowest BCUT2D eigenvalue weighted by Gasteiger charge is -2.06. The Morgan fingerprint density at radius 1 is 1.33 bits per heavy atom. The van der Waals surface area contributed by atoms with Crippen LogP contribution in [0.15, 0.2) is 23.3 Å². The first-order valence-corrected chi connectivity index (χ1v) is 4.97. The van der Waals surface area contributed by atoms with E-state index in [1.54, 1.807) is 0 Å². The molecule has 0 bridgehead atoms. The Kier molecular flexibility index (Phi) is 3.97. The lowest BCUT2D eigenvalue weighted by Crippen LogP contribution is -2.27. The molecule has 0 aliphatic carbocycles. The predicted molar refractivity (Wildman–Crippen MR) is 63.4 cm³/mol. The van der Waals surface area contributed by atoms with Gasteiger partial charge in [-0.15, -0.1) is 5.10 Å². The van der Waals surface area contributed by atoms with Gasteiger partial charge in [-0.3, -0.25) is 0 Å². The highest BCUT2D eigenvalue weighted by molar-refractivity contribution is 5.75. The number of nitrogens with zero attached hydrogens (tertiary/aromatic N) is 1. The van der Waals surface area contributed by atoms with Gasteiger partial charge in [0.25, 0.3) is 0 Å². The Hall–Kier alpha value is -1.71. The smallest absolute Gasteiger partial charge is 0.208 e. The molecule has 0 fully saturated rings. The number of nitrogens with one attached hydrogen (secondary N) is 1. The third kappa shape index (κ3) is 3.89. The van der Waals surface area contributed by atoms with Crippen molar-refractivity contribution in [2.24, 2.45) is 16.6 Å². The van der Waals surface area contributed by atoms with Crippen LogP contribution in [0.5, 0.6) is 0 Å². The third-order valence-electron chi connectivity index (χ3n) is 2.22. The monoisotopic (exact) mass is 206 g/mol. The summed E-state index contributed by atoms with van der Waals surface area (Å²) in [7, 11) is 0. The van der Waals surface area contributed by atoms with Gasteiger partial charge in [-0.25, -0.2) is 0 Å². The topological polar surface area (TPSA) is 76.4 Å². The molecule has 1 rings (SSSR count). The van der Waals surface area contributed by atoms with E-state index >= 15 is 0 Å². The van der Waals surface area contributed by atoms with Crippen molar-refractivity contribution in [2.45, 2.75) is 20.3 Å². The van der Waals surface area contributed by atoms with Crippen molar-refractivity contribution in [1.29, 1.82) is 0 Å². The minimum absolute atomic E-state index is 0.0657. The van der Waals surface area contributed by atoms with Crippen LogP contribution in [0.25, 0.3) is 0 Å². The van der Waals surface area contributed by atoms with E-state index in [1.807, 2.05) is 0 Å². The molecule has 0 saturated carbocycles. The number of rotatable bonds is 4. The average Bonchev–Trinajstić information content (AvgIpc) is 2.17. The summed E-state index contributed by atoms with van der Waals surface area (Å²) in [4.78, 5) is 0. The quantitative estimate of drug-likeness (QED) is 0.292.